The summed E-state index contributed by atoms with van der Waals surface area (Å²) in [5.41, 5.74) is 3.78. The number of hydrogen-bond donors (Lipinski definition) is 1. The van der Waals surface area contributed by atoms with Crippen LogP contribution in [0, 0.1) is 6.92 Å². The minimum atomic E-state index is 0.442. The van der Waals surface area contributed by atoms with Crippen LogP contribution in [0.2, 0.25) is 0 Å². The highest BCUT2D eigenvalue weighted by molar-refractivity contribution is 9.10. The fourth-order valence-electron chi connectivity index (χ4n) is 2.70. The maximum Gasteiger partial charge on any atom is 0.0596 e. The van der Waals surface area contributed by atoms with Gasteiger partial charge in [-0.2, -0.15) is 5.10 Å². The van der Waals surface area contributed by atoms with Gasteiger partial charge in [0.05, 0.1) is 5.69 Å². The molecule has 0 radical (unpaired) electrons. The largest absolute Gasteiger partial charge is 0.314 e. The second-order valence-corrected chi connectivity index (χ2v) is 6.30. The molecular formula is C17H24BrN3. The van der Waals surface area contributed by atoms with E-state index < -0.39 is 0 Å². The highest BCUT2D eigenvalue weighted by atomic mass is 79.9. The number of likely N-dealkylation sites (N-methyl/N-ethyl adjacent to an activating group) is 1. The number of rotatable bonds is 7. The summed E-state index contributed by atoms with van der Waals surface area (Å²) >= 11 is 3.49. The van der Waals surface area contributed by atoms with Crippen LogP contribution in [0.25, 0.3) is 0 Å². The van der Waals surface area contributed by atoms with Gasteiger partial charge in [0, 0.05) is 29.2 Å². The molecular weight excluding hydrogens is 326 g/mol. The minimum Gasteiger partial charge on any atom is -0.314 e. The molecule has 114 valence electrons. The van der Waals surface area contributed by atoms with Gasteiger partial charge in [-0.1, -0.05) is 35.0 Å². The maximum absolute atomic E-state index is 4.54. The average Bonchev–Trinajstić information content (AvgIpc) is 2.81. The lowest BCUT2D eigenvalue weighted by molar-refractivity contribution is 0.495. The van der Waals surface area contributed by atoms with Crippen molar-refractivity contribution in [1.29, 1.82) is 0 Å². The summed E-state index contributed by atoms with van der Waals surface area (Å²) in [6.45, 7) is 8.29. The molecule has 0 amide bonds. The monoisotopic (exact) mass is 349 g/mol. The predicted molar refractivity (Wildman–Crippen MR) is 91.7 cm³/mol. The van der Waals surface area contributed by atoms with Crippen LogP contribution >= 0.6 is 15.9 Å². The molecule has 0 bridgehead atoms. The first kappa shape index (κ1) is 16.2. The van der Waals surface area contributed by atoms with Crippen molar-refractivity contribution >= 4 is 15.9 Å². The van der Waals surface area contributed by atoms with Crippen LogP contribution in [-0.4, -0.2) is 22.4 Å². The summed E-state index contributed by atoms with van der Waals surface area (Å²) in [6.07, 6.45) is 2.05. The predicted octanol–water partition coefficient (Wildman–Crippen LogP) is 3.74. The fraction of sp³-hybridized carbons (Fsp3) is 0.471. The van der Waals surface area contributed by atoms with E-state index in [-0.39, 0.29) is 0 Å². The molecule has 1 aromatic carbocycles. The zero-order valence-corrected chi connectivity index (χ0v) is 14.7. The lowest BCUT2D eigenvalue weighted by atomic mass is 10.0. The zero-order valence-electron chi connectivity index (χ0n) is 13.1. The van der Waals surface area contributed by atoms with Crippen molar-refractivity contribution in [3.05, 3.63) is 51.8 Å². The van der Waals surface area contributed by atoms with Crippen molar-refractivity contribution < 1.29 is 0 Å². The molecule has 1 N–H and O–H groups in total. The summed E-state index contributed by atoms with van der Waals surface area (Å²) in [5, 5.41) is 8.15. The van der Waals surface area contributed by atoms with Crippen molar-refractivity contribution in [2.45, 2.75) is 46.2 Å². The number of halogens is 1. The molecule has 1 aromatic heterocycles. The van der Waals surface area contributed by atoms with Gasteiger partial charge in [0.2, 0.25) is 0 Å². The molecule has 21 heavy (non-hydrogen) atoms. The van der Waals surface area contributed by atoms with Crippen molar-refractivity contribution in [2.24, 2.45) is 0 Å². The van der Waals surface area contributed by atoms with Crippen LogP contribution in [0.1, 0.15) is 30.8 Å². The summed E-state index contributed by atoms with van der Waals surface area (Å²) < 4.78 is 3.24. The summed E-state index contributed by atoms with van der Waals surface area (Å²) in [6, 6.07) is 11.2. The number of nitrogens with one attached hydrogen (secondary N) is 1. The van der Waals surface area contributed by atoms with Crippen molar-refractivity contribution in [3.63, 3.8) is 0 Å². The van der Waals surface area contributed by atoms with Crippen LogP contribution in [-0.2, 0) is 19.4 Å². The van der Waals surface area contributed by atoms with E-state index in [1.807, 2.05) is 0 Å². The Kier molecular flexibility index (Phi) is 6.00. The molecule has 4 heteroatoms. The standard InChI is InChI=1S/C17H24BrN3/c1-4-19-16(11-14-6-8-15(18)9-7-14)12-17-10-13(3)20-21(17)5-2/h6-10,16,19H,4-5,11-12H2,1-3H3. The third kappa shape index (κ3) is 4.68. The van der Waals surface area contributed by atoms with Crippen LogP contribution < -0.4 is 5.32 Å². The minimum absolute atomic E-state index is 0.442. The lowest BCUT2D eigenvalue weighted by Gasteiger charge is -2.18. The van der Waals surface area contributed by atoms with Crippen molar-refractivity contribution in [2.75, 3.05) is 6.54 Å². The van der Waals surface area contributed by atoms with E-state index in [1.54, 1.807) is 0 Å². The van der Waals surface area contributed by atoms with Gasteiger partial charge in [-0.25, -0.2) is 0 Å². The number of hydrogen-bond acceptors (Lipinski definition) is 2. The number of nitrogens with zero attached hydrogens (tertiary/aromatic N) is 2. The Balaban J connectivity index is 2.09. The molecule has 0 aliphatic rings. The van der Waals surface area contributed by atoms with Gasteiger partial charge >= 0.3 is 0 Å². The van der Waals surface area contributed by atoms with Gasteiger partial charge in [-0.3, -0.25) is 4.68 Å². The fourth-order valence-corrected chi connectivity index (χ4v) is 2.96. The first-order valence-corrected chi connectivity index (χ1v) is 8.42. The first-order chi connectivity index (χ1) is 10.1. The van der Waals surface area contributed by atoms with E-state index in [9.17, 15) is 0 Å². The van der Waals surface area contributed by atoms with Gasteiger partial charge in [-0.15, -0.1) is 0 Å². The molecule has 0 saturated carbocycles. The molecule has 3 nitrogen and oxygen atoms in total. The highest BCUT2D eigenvalue weighted by Crippen LogP contribution is 2.14. The van der Waals surface area contributed by atoms with Gasteiger partial charge in [0.1, 0.15) is 0 Å². The Morgan fingerprint density at radius 2 is 1.90 bits per heavy atom. The van der Waals surface area contributed by atoms with Crippen LogP contribution in [0.3, 0.4) is 0 Å². The number of benzene rings is 1. The topological polar surface area (TPSA) is 29.9 Å². The quantitative estimate of drug-likeness (QED) is 0.825. The maximum atomic E-state index is 4.54. The Labute approximate surface area is 135 Å². The number of aryl methyl sites for hydroxylation is 2. The third-order valence-corrected chi connectivity index (χ3v) is 4.16. The van der Waals surface area contributed by atoms with Crippen molar-refractivity contribution in [1.82, 2.24) is 15.1 Å². The molecule has 0 aliphatic carbocycles. The van der Waals surface area contributed by atoms with E-state index >= 15 is 0 Å². The Morgan fingerprint density at radius 1 is 1.19 bits per heavy atom. The smallest absolute Gasteiger partial charge is 0.0596 e. The first-order valence-electron chi connectivity index (χ1n) is 7.63. The third-order valence-electron chi connectivity index (χ3n) is 3.63. The second kappa shape index (κ2) is 7.76. The van der Waals surface area contributed by atoms with Crippen LogP contribution in [0.15, 0.2) is 34.8 Å². The Morgan fingerprint density at radius 3 is 2.52 bits per heavy atom. The highest BCUT2D eigenvalue weighted by Gasteiger charge is 2.13. The summed E-state index contributed by atoms with van der Waals surface area (Å²) in [5.74, 6) is 0. The molecule has 1 unspecified atom stereocenters. The lowest BCUT2D eigenvalue weighted by Crippen LogP contribution is -2.33. The molecule has 0 fully saturated rings. The van der Waals surface area contributed by atoms with E-state index in [1.165, 1.54) is 11.3 Å². The van der Waals surface area contributed by atoms with Gasteiger partial charge in [-0.05, 0) is 50.6 Å². The zero-order chi connectivity index (χ0) is 15.2. The second-order valence-electron chi connectivity index (χ2n) is 5.38. The molecule has 1 heterocycles. The average molecular weight is 350 g/mol. The van der Waals surface area contributed by atoms with Gasteiger partial charge in [0.25, 0.3) is 0 Å². The van der Waals surface area contributed by atoms with Crippen molar-refractivity contribution in [3.8, 4) is 0 Å². The van der Waals surface area contributed by atoms with Gasteiger partial charge in [0.15, 0.2) is 0 Å². The molecule has 0 spiro atoms. The van der Waals surface area contributed by atoms with Crippen LogP contribution in [0.5, 0.6) is 0 Å². The normalized spacial score (nSPS) is 12.6. The number of aromatic nitrogens is 2. The van der Waals surface area contributed by atoms with E-state index in [4.69, 9.17) is 0 Å². The SMILES string of the molecule is CCNC(Cc1ccc(Br)cc1)Cc1cc(C)nn1CC. The molecule has 1 atom stereocenters. The van der Waals surface area contributed by atoms with E-state index in [0.29, 0.717) is 6.04 Å². The Bertz CT molecular complexity index is 560. The molecule has 0 aliphatic heterocycles. The summed E-state index contributed by atoms with van der Waals surface area (Å²) in [7, 11) is 0. The van der Waals surface area contributed by atoms with Gasteiger partial charge < -0.3 is 5.32 Å². The van der Waals surface area contributed by atoms with E-state index in [2.05, 4.69) is 82.1 Å². The van der Waals surface area contributed by atoms with E-state index in [0.717, 1.165) is 36.1 Å². The molecule has 2 rings (SSSR count). The molecule has 0 saturated heterocycles. The molecule has 2 aromatic rings. The summed E-state index contributed by atoms with van der Waals surface area (Å²) in [4.78, 5) is 0. The van der Waals surface area contributed by atoms with Crippen LogP contribution in [0.4, 0.5) is 0 Å². The Hall–Kier alpha value is -1.13.